The van der Waals surface area contributed by atoms with Crippen molar-refractivity contribution in [2.45, 2.75) is 20.3 Å². The maximum absolute atomic E-state index is 9.01. The molecule has 0 bridgehead atoms. The first kappa shape index (κ1) is 13.5. The Hall–Kier alpha value is -1.94. The van der Waals surface area contributed by atoms with Crippen molar-refractivity contribution in [3.63, 3.8) is 0 Å². The van der Waals surface area contributed by atoms with Crippen LogP contribution in [0.4, 0.5) is 0 Å². The molecule has 0 spiro atoms. The van der Waals surface area contributed by atoms with Gasteiger partial charge in [0.25, 0.3) is 0 Å². The Bertz CT molecular complexity index is 582. The van der Waals surface area contributed by atoms with Crippen LogP contribution >= 0.6 is 0 Å². The van der Waals surface area contributed by atoms with Crippen molar-refractivity contribution in [3.8, 4) is 17.0 Å². The minimum atomic E-state index is 0.0495. The molecule has 1 heterocycles. The van der Waals surface area contributed by atoms with Gasteiger partial charge in [0.15, 0.2) is 0 Å². The second-order valence-corrected chi connectivity index (χ2v) is 4.49. The average molecular weight is 258 g/mol. The number of methoxy groups -OCH3 is 1. The molecular formula is C15H18N2O2. The van der Waals surface area contributed by atoms with E-state index in [9.17, 15) is 0 Å². The van der Waals surface area contributed by atoms with E-state index in [0.717, 1.165) is 28.3 Å². The quantitative estimate of drug-likeness (QED) is 0.914. The number of nitrogens with zero attached hydrogens (tertiary/aromatic N) is 2. The third kappa shape index (κ3) is 3.09. The maximum atomic E-state index is 9.01. The van der Waals surface area contributed by atoms with Crippen LogP contribution in [0.1, 0.15) is 17.1 Å². The fourth-order valence-corrected chi connectivity index (χ4v) is 2.00. The Kier molecular flexibility index (Phi) is 4.12. The van der Waals surface area contributed by atoms with Gasteiger partial charge >= 0.3 is 0 Å². The molecule has 4 heteroatoms. The lowest BCUT2D eigenvalue weighted by Crippen LogP contribution is -2.02. The third-order valence-electron chi connectivity index (χ3n) is 2.87. The van der Waals surface area contributed by atoms with Crippen molar-refractivity contribution < 1.29 is 9.84 Å². The summed E-state index contributed by atoms with van der Waals surface area (Å²) >= 11 is 0. The smallest absolute Gasteiger partial charge is 0.131 e. The van der Waals surface area contributed by atoms with Gasteiger partial charge < -0.3 is 9.84 Å². The standard InChI is InChI=1S/C15H18N2O2/c1-10-4-5-14(19-3)12(8-10)13-9-11(2)16-15(17-13)6-7-18/h4-5,8-9,18H,6-7H2,1-3H3. The lowest BCUT2D eigenvalue weighted by atomic mass is 10.1. The van der Waals surface area contributed by atoms with Gasteiger partial charge in [-0.3, -0.25) is 0 Å². The van der Waals surface area contributed by atoms with Gasteiger partial charge in [0, 0.05) is 17.7 Å². The van der Waals surface area contributed by atoms with Crippen molar-refractivity contribution in [1.82, 2.24) is 9.97 Å². The van der Waals surface area contributed by atoms with Gasteiger partial charge in [0.2, 0.25) is 0 Å². The van der Waals surface area contributed by atoms with Crippen LogP contribution in [0.15, 0.2) is 24.3 Å². The monoisotopic (exact) mass is 258 g/mol. The molecule has 2 aromatic rings. The Morgan fingerprint density at radius 2 is 1.95 bits per heavy atom. The van der Waals surface area contributed by atoms with Crippen molar-refractivity contribution in [1.29, 1.82) is 0 Å². The number of benzene rings is 1. The molecule has 1 aromatic heterocycles. The Morgan fingerprint density at radius 3 is 2.63 bits per heavy atom. The predicted molar refractivity (Wildman–Crippen MR) is 74.3 cm³/mol. The van der Waals surface area contributed by atoms with Gasteiger partial charge in [0.1, 0.15) is 11.6 Å². The molecule has 0 saturated carbocycles. The third-order valence-corrected chi connectivity index (χ3v) is 2.87. The summed E-state index contributed by atoms with van der Waals surface area (Å²) in [5.74, 6) is 1.44. The van der Waals surface area contributed by atoms with Crippen molar-refractivity contribution in [3.05, 3.63) is 41.3 Å². The second-order valence-electron chi connectivity index (χ2n) is 4.49. The summed E-state index contributed by atoms with van der Waals surface area (Å²) in [5.41, 5.74) is 3.82. The summed E-state index contributed by atoms with van der Waals surface area (Å²) in [7, 11) is 1.65. The number of aliphatic hydroxyl groups is 1. The minimum absolute atomic E-state index is 0.0495. The molecule has 0 atom stereocenters. The van der Waals surface area contributed by atoms with E-state index in [1.54, 1.807) is 7.11 Å². The average Bonchev–Trinajstić information content (AvgIpc) is 2.38. The molecule has 0 saturated heterocycles. The Labute approximate surface area is 113 Å². The van der Waals surface area contributed by atoms with E-state index in [4.69, 9.17) is 9.84 Å². The minimum Gasteiger partial charge on any atom is -0.496 e. The van der Waals surface area contributed by atoms with Gasteiger partial charge in [-0.1, -0.05) is 11.6 Å². The van der Waals surface area contributed by atoms with E-state index in [-0.39, 0.29) is 6.61 Å². The first-order valence-electron chi connectivity index (χ1n) is 6.24. The van der Waals surface area contributed by atoms with E-state index < -0.39 is 0 Å². The SMILES string of the molecule is COc1ccc(C)cc1-c1cc(C)nc(CCO)n1. The number of rotatable bonds is 4. The molecule has 0 radical (unpaired) electrons. The molecule has 19 heavy (non-hydrogen) atoms. The summed E-state index contributed by atoms with van der Waals surface area (Å²) < 4.78 is 5.38. The Morgan fingerprint density at radius 1 is 1.16 bits per heavy atom. The van der Waals surface area contributed by atoms with Gasteiger partial charge in [0.05, 0.1) is 19.4 Å². The fourth-order valence-electron chi connectivity index (χ4n) is 2.00. The van der Waals surface area contributed by atoms with E-state index in [1.165, 1.54) is 0 Å². The van der Waals surface area contributed by atoms with Crippen LogP contribution in [0.2, 0.25) is 0 Å². The summed E-state index contributed by atoms with van der Waals surface area (Å²) in [6.07, 6.45) is 0.461. The zero-order valence-electron chi connectivity index (χ0n) is 11.5. The largest absolute Gasteiger partial charge is 0.496 e. The molecule has 100 valence electrons. The normalized spacial score (nSPS) is 10.5. The summed E-state index contributed by atoms with van der Waals surface area (Å²) in [6, 6.07) is 7.92. The van der Waals surface area contributed by atoms with Crippen LogP contribution in [0, 0.1) is 13.8 Å². The highest BCUT2D eigenvalue weighted by Gasteiger charge is 2.10. The number of hydrogen-bond donors (Lipinski definition) is 1. The van der Waals surface area contributed by atoms with E-state index in [1.807, 2.05) is 38.1 Å². The van der Waals surface area contributed by atoms with Crippen LogP contribution in [0.25, 0.3) is 11.3 Å². The molecule has 0 aliphatic rings. The van der Waals surface area contributed by atoms with Gasteiger partial charge in [-0.25, -0.2) is 9.97 Å². The van der Waals surface area contributed by atoms with Crippen molar-refractivity contribution >= 4 is 0 Å². The highest BCUT2D eigenvalue weighted by atomic mass is 16.5. The predicted octanol–water partition coefficient (Wildman–Crippen LogP) is 2.30. The zero-order chi connectivity index (χ0) is 13.8. The second kappa shape index (κ2) is 5.80. The Balaban J connectivity index is 2.54. The molecule has 0 fully saturated rings. The van der Waals surface area contributed by atoms with E-state index in [0.29, 0.717) is 12.2 Å². The molecule has 0 aliphatic carbocycles. The highest BCUT2D eigenvalue weighted by Crippen LogP contribution is 2.29. The first-order chi connectivity index (χ1) is 9.13. The lowest BCUT2D eigenvalue weighted by Gasteiger charge is -2.10. The van der Waals surface area contributed by atoms with Crippen molar-refractivity contribution in [2.24, 2.45) is 0 Å². The lowest BCUT2D eigenvalue weighted by molar-refractivity contribution is 0.296. The molecule has 1 N–H and O–H groups in total. The molecular weight excluding hydrogens is 240 g/mol. The molecule has 0 aliphatic heterocycles. The number of aromatic nitrogens is 2. The zero-order valence-corrected chi connectivity index (χ0v) is 11.5. The summed E-state index contributed by atoms with van der Waals surface area (Å²) in [4.78, 5) is 8.81. The van der Waals surface area contributed by atoms with E-state index in [2.05, 4.69) is 9.97 Å². The number of aliphatic hydroxyl groups excluding tert-OH is 1. The van der Waals surface area contributed by atoms with Crippen molar-refractivity contribution in [2.75, 3.05) is 13.7 Å². The molecule has 1 aromatic carbocycles. The molecule has 2 rings (SSSR count). The van der Waals surface area contributed by atoms with Gasteiger partial charge in [-0.05, 0) is 32.0 Å². The number of hydrogen-bond acceptors (Lipinski definition) is 4. The molecule has 4 nitrogen and oxygen atoms in total. The summed E-state index contributed by atoms with van der Waals surface area (Å²) in [5, 5.41) is 9.01. The first-order valence-corrected chi connectivity index (χ1v) is 6.24. The fraction of sp³-hybridized carbons (Fsp3) is 0.333. The van der Waals surface area contributed by atoms with Crippen LogP contribution in [-0.4, -0.2) is 28.8 Å². The number of aryl methyl sites for hydroxylation is 2. The van der Waals surface area contributed by atoms with Crippen LogP contribution in [0.3, 0.4) is 0 Å². The van der Waals surface area contributed by atoms with Crippen LogP contribution < -0.4 is 4.74 Å². The molecule has 0 amide bonds. The van der Waals surface area contributed by atoms with Gasteiger partial charge in [-0.15, -0.1) is 0 Å². The topological polar surface area (TPSA) is 55.2 Å². The van der Waals surface area contributed by atoms with Crippen LogP contribution in [0.5, 0.6) is 5.75 Å². The van der Waals surface area contributed by atoms with E-state index >= 15 is 0 Å². The number of ether oxygens (including phenoxy) is 1. The molecule has 0 unspecified atom stereocenters. The summed E-state index contributed by atoms with van der Waals surface area (Å²) in [6.45, 7) is 4.01. The maximum Gasteiger partial charge on any atom is 0.131 e. The van der Waals surface area contributed by atoms with Gasteiger partial charge in [-0.2, -0.15) is 0 Å². The highest BCUT2D eigenvalue weighted by molar-refractivity contribution is 5.68. The van der Waals surface area contributed by atoms with Crippen LogP contribution in [-0.2, 0) is 6.42 Å².